The Labute approximate surface area is 193 Å². The van der Waals surface area contributed by atoms with Crippen molar-refractivity contribution in [3.05, 3.63) is 0 Å². The Morgan fingerprint density at radius 3 is 2.14 bits per heavy atom. The van der Waals surface area contributed by atoms with Crippen molar-refractivity contribution >= 4 is 42.0 Å². The number of amides is 1. The molecule has 0 unspecified atom stereocenters. The largest absolute Gasteiger partial charge is 0.469 e. The number of halogens is 1. The molecule has 0 fully saturated rings. The minimum Gasteiger partial charge on any atom is -0.469 e. The lowest BCUT2D eigenvalue weighted by Gasteiger charge is -2.27. The number of nitrogens with one attached hydrogen (secondary N) is 3. The fraction of sp³-hybridized carbons (Fsp3) is 0.850. The highest BCUT2D eigenvalue weighted by Crippen LogP contribution is 2.10. The van der Waals surface area contributed by atoms with Crippen LogP contribution in [0.15, 0.2) is 4.99 Å². The predicted octanol–water partition coefficient (Wildman–Crippen LogP) is 3.59. The molecule has 0 saturated heterocycles. The van der Waals surface area contributed by atoms with Crippen molar-refractivity contribution in [1.82, 2.24) is 16.0 Å². The number of unbranched alkanes of at least 4 members (excludes halogenated alkanes) is 3. The van der Waals surface area contributed by atoms with E-state index < -0.39 is 17.2 Å². The Morgan fingerprint density at radius 2 is 1.59 bits per heavy atom. The van der Waals surface area contributed by atoms with Crippen LogP contribution in [0, 0.1) is 0 Å². The van der Waals surface area contributed by atoms with Crippen LogP contribution >= 0.6 is 24.0 Å². The normalized spacial score (nSPS) is 11.9. The zero-order valence-corrected chi connectivity index (χ0v) is 21.5. The third-order valence-corrected chi connectivity index (χ3v) is 3.64. The molecule has 1 amide bonds. The van der Waals surface area contributed by atoms with Gasteiger partial charge in [0, 0.05) is 19.5 Å². The smallest absolute Gasteiger partial charge is 0.408 e. The molecule has 0 saturated carbocycles. The van der Waals surface area contributed by atoms with Gasteiger partial charge in [-0.05, 0) is 54.4 Å². The summed E-state index contributed by atoms with van der Waals surface area (Å²) in [6.45, 7) is 13.3. The fourth-order valence-electron chi connectivity index (χ4n) is 2.29. The maximum atomic E-state index is 12.0. The molecule has 9 heteroatoms. The van der Waals surface area contributed by atoms with Crippen molar-refractivity contribution in [3.8, 4) is 0 Å². The van der Waals surface area contributed by atoms with Crippen LogP contribution in [-0.4, -0.2) is 55.9 Å². The lowest BCUT2D eigenvalue weighted by atomic mass is 10.1. The van der Waals surface area contributed by atoms with E-state index in [1.54, 1.807) is 0 Å². The monoisotopic (exact) mass is 528 g/mol. The van der Waals surface area contributed by atoms with Gasteiger partial charge < -0.3 is 25.4 Å². The van der Waals surface area contributed by atoms with Crippen molar-refractivity contribution in [2.75, 3.05) is 26.7 Å². The first-order valence-electron chi connectivity index (χ1n) is 10.1. The van der Waals surface area contributed by atoms with Crippen LogP contribution in [-0.2, 0) is 14.3 Å². The van der Waals surface area contributed by atoms with E-state index in [2.05, 4.69) is 25.7 Å². The average molecular weight is 528 g/mol. The van der Waals surface area contributed by atoms with Crippen LogP contribution < -0.4 is 16.0 Å². The first-order chi connectivity index (χ1) is 13.0. The Balaban J connectivity index is 0. The molecule has 3 N–H and O–H groups in total. The van der Waals surface area contributed by atoms with Crippen molar-refractivity contribution in [2.24, 2.45) is 4.99 Å². The quantitative estimate of drug-likeness (QED) is 0.125. The zero-order valence-electron chi connectivity index (χ0n) is 19.1. The predicted molar refractivity (Wildman–Crippen MR) is 128 cm³/mol. The molecule has 0 radical (unpaired) electrons. The molecule has 0 atom stereocenters. The van der Waals surface area contributed by atoms with E-state index in [1.807, 2.05) is 41.5 Å². The van der Waals surface area contributed by atoms with Gasteiger partial charge in [0.25, 0.3) is 0 Å². The van der Waals surface area contributed by atoms with Gasteiger partial charge in [-0.1, -0.05) is 12.8 Å². The van der Waals surface area contributed by atoms with Crippen LogP contribution in [0.2, 0.25) is 0 Å². The Hall–Kier alpha value is -1.26. The topological polar surface area (TPSA) is 101 Å². The highest BCUT2D eigenvalue weighted by Gasteiger charge is 2.24. The summed E-state index contributed by atoms with van der Waals surface area (Å²) < 4.78 is 9.93. The Kier molecular flexibility index (Phi) is 16.1. The number of guanidine groups is 1. The number of carbonyl (C=O) groups excluding carboxylic acids is 2. The molecule has 0 aliphatic heterocycles. The van der Waals surface area contributed by atoms with Gasteiger partial charge in [-0.2, -0.15) is 0 Å². The van der Waals surface area contributed by atoms with E-state index >= 15 is 0 Å². The summed E-state index contributed by atoms with van der Waals surface area (Å²) in [5, 5.41) is 9.36. The minimum atomic E-state index is -0.531. The number of hydrogen-bond acceptors (Lipinski definition) is 5. The van der Waals surface area contributed by atoms with Crippen LogP contribution in [0.4, 0.5) is 4.79 Å². The molecule has 0 spiro atoms. The number of methoxy groups -OCH3 is 1. The van der Waals surface area contributed by atoms with Crippen molar-refractivity contribution in [2.45, 2.75) is 84.8 Å². The highest BCUT2D eigenvalue weighted by molar-refractivity contribution is 14.0. The van der Waals surface area contributed by atoms with Crippen LogP contribution in [0.25, 0.3) is 0 Å². The molecule has 8 nitrogen and oxygen atoms in total. The van der Waals surface area contributed by atoms with Gasteiger partial charge >= 0.3 is 12.1 Å². The zero-order chi connectivity index (χ0) is 21.6. The van der Waals surface area contributed by atoms with E-state index in [0.717, 1.165) is 44.7 Å². The molecule has 0 rings (SSSR count). The van der Waals surface area contributed by atoms with Crippen molar-refractivity contribution < 1.29 is 19.1 Å². The molecular weight excluding hydrogens is 487 g/mol. The van der Waals surface area contributed by atoms with E-state index in [9.17, 15) is 9.59 Å². The van der Waals surface area contributed by atoms with Gasteiger partial charge in [0.2, 0.25) is 0 Å². The number of ether oxygens (including phenoxy) is 2. The summed E-state index contributed by atoms with van der Waals surface area (Å²) in [4.78, 5) is 27.6. The van der Waals surface area contributed by atoms with Gasteiger partial charge in [-0.3, -0.25) is 9.79 Å². The third-order valence-electron chi connectivity index (χ3n) is 3.64. The standard InChI is InChI=1S/C20H40N4O4.HI/c1-8-21-17(22-14-12-10-9-11-13-16(25)27-7)23-15-20(5,6)24-18(26)28-19(2,3)4;/h8-15H2,1-7H3,(H,24,26)(H2,21,22,23);1H. The van der Waals surface area contributed by atoms with E-state index in [4.69, 9.17) is 4.74 Å². The van der Waals surface area contributed by atoms with Gasteiger partial charge in [0.05, 0.1) is 19.2 Å². The van der Waals surface area contributed by atoms with Crippen LogP contribution in [0.5, 0.6) is 0 Å². The number of carbonyl (C=O) groups is 2. The number of rotatable bonds is 11. The molecule has 29 heavy (non-hydrogen) atoms. The average Bonchev–Trinajstić information content (AvgIpc) is 2.56. The van der Waals surface area contributed by atoms with Gasteiger partial charge in [-0.15, -0.1) is 24.0 Å². The first kappa shape index (κ1) is 29.9. The lowest BCUT2D eigenvalue weighted by Crippen LogP contribution is -2.49. The van der Waals surface area contributed by atoms with Crippen molar-refractivity contribution in [1.29, 1.82) is 0 Å². The summed E-state index contributed by atoms with van der Waals surface area (Å²) >= 11 is 0. The second-order valence-electron chi connectivity index (χ2n) is 8.37. The molecule has 0 aromatic rings. The summed E-state index contributed by atoms with van der Waals surface area (Å²) in [5.41, 5.74) is -1.06. The number of esters is 1. The molecule has 0 aliphatic carbocycles. The minimum absolute atomic E-state index is 0. The summed E-state index contributed by atoms with van der Waals surface area (Å²) in [7, 11) is 1.41. The Bertz CT molecular complexity index is 505. The van der Waals surface area contributed by atoms with E-state index in [1.165, 1.54) is 7.11 Å². The van der Waals surface area contributed by atoms with Gasteiger partial charge in [0.15, 0.2) is 5.96 Å². The number of nitrogens with zero attached hydrogens (tertiary/aromatic N) is 1. The van der Waals surface area contributed by atoms with Crippen LogP contribution in [0.3, 0.4) is 0 Å². The second-order valence-corrected chi connectivity index (χ2v) is 8.37. The number of aliphatic imine (C=N–C) groups is 1. The van der Waals surface area contributed by atoms with Crippen molar-refractivity contribution in [3.63, 3.8) is 0 Å². The molecule has 0 bridgehead atoms. The molecule has 0 heterocycles. The fourth-order valence-corrected chi connectivity index (χ4v) is 2.29. The molecular formula is C20H41IN4O4. The highest BCUT2D eigenvalue weighted by atomic mass is 127. The third kappa shape index (κ3) is 18.5. The Morgan fingerprint density at radius 1 is 0.966 bits per heavy atom. The summed E-state index contributed by atoms with van der Waals surface area (Å²) in [5.74, 6) is 0.568. The molecule has 0 aromatic heterocycles. The first-order valence-corrected chi connectivity index (χ1v) is 10.1. The summed E-state index contributed by atoms with van der Waals surface area (Å²) in [6.07, 6.45) is 3.91. The number of alkyl carbamates (subject to hydrolysis) is 1. The van der Waals surface area contributed by atoms with E-state index in [-0.39, 0.29) is 29.9 Å². The second kappa shape index (κ2) is 15.6. The van der Waals surface area contributed by atoms with Gasteiger partial charge in [0.1, 0.15) is 5.60 Å². The SMILES string of the molecule is CCNC(=NCC(C)(C)NC(=O)OC(C)(C)C)NCCCCCCC(=O)OC.I. The maximum absolute atomic E-state index is 12.0. The molecule has 0 aromatic carbocycles. The summed E-state index contributed by atoms with van der Waals surface area (Å²) in [6, 6.07) is 0. The van der Waals surface area contributed by atoms with Crippen LogP contribution in [0.1, 0.15) is 73.6 Å². The lowest BCUT2D eigenvalue weighted by molar-refractivity contribution is -0.140. The maximum Gasteiger partial charge on any atom is 0.408 e. The molecule has 0 aliphatic rings. The number of hydrogen-bond donors (Lipinski definition) is 3. The molecule has 172 valence electrons. The van der Waals surface area contributed by atoms with Gasteiger partial charge in [-0.25, -0.2) is 4.79 Å². The van der Waals surface area contributed by atoms with E-state index in [0.29, 0.717) is 13.0 Å².